The topological polar surface area (TPSA) is 72.0 Å². The first-order chi connectivity index (χ1) is 16.9. The lowest BCUT2D eigenvalue weighted by Gasteiger charge is -2.25. The summed E-state index contributed by atoms with van der Waals surface area (Å²) in [6, 6.07) is 11.2. The van der Waals surface area contributed by atoms with E-state index in [0.29, 0.717) is 34.4 Å². The normalized spacial score (nSPS) is 13.6. The highest BCUT2D eigenvalue weighted by Gasteiger charge is 2.23. The van der Waals surface area contributed by atoms with Gasteiger partial charge in [0.05, 0.1) is 24.4 Å². The predicted octanol–water partition coefficient (Wildman–Crippen LogP) is 4.80. The lowest BCUT2D eigenvalue weighted by Crippen LogP contribution is -2.33. The van der Waals surface area contributed by atoms with E-state index >= 15 is 0 Å². The number of nitrogens with zero attached hydrogens (tertiary/aromatic N) is 4. The van der Waals surface area contributed by atoms with Gasteiger partial charge in [0.25, 0.3) is 5.56 Å². The van der Waals surface area contributed by atoms with Crippen molar-refractivity contribution in [1.29, 1.82) is 0 Å². The van der Waals surface area contributed by atoms with Crippen LogP contribution in [-0.2, 0) is 7.05 Å². The molecule has 1 fully saturated rings. The average molecular weight is 477 g/mol. The third-order valence-corrected chi connectivity index (χ3v) is 6.45. The SMILES string of the molecule is [C-]#[N+]c1ccc(-c2nc(N(C)CC3CCCC3)n(C)c(=O)c2-c2ccc(OCCO)c(F)c2)cc1. The molecule has 1 saturated carbocycles. The number of hydrogen-bond acceptors (Lipinski definition) is 5. The van der Waals surface area contributed by atoms with E-state index in [1.165, 1.54) is 42.4 Å². The minimum atomic E-state index is -0.630. The minimum Gasteiger partial charge on any atom is -0.488 e. The summed E-state index contributed by atoms with van der Waals surface area (Å²) in [7, 11) is 3.62. The molecule has 3 aromatic rings. The van der Waals surface area contributed by atoms with Gasteiger partial charge in [-0.15, -0.1) is 0 Å². The molecule has 1 aliphatic rings. The summed E-state index contributed by atoms with van der Waals surface area (Å²) in [5.41, 5.74) is 1.94. The molecule has 0 saturated heterocycles. The molecular formula is C27H29FN4O3. The van der Waals surface area contributed by atoms with Gasteiger partial charge >= 0.3 is 0 Å². The molecule has 1 heterocycles. The number of aliphatic hydroxyl groups excluding tert-OH is 1. The molecule has 0 atom stereocenters. The maximum absolute atomic E-state index is 14.8. The Morgan fingerprint density at radius 1 is 1.20 bits per heavy atom. The van der Waals surface area contributed by atoms with Crippen molar-refractivity contribution >= 4 is 11.6 Å². The van der Waals surface area contributed by atoms with Crippen molar-refractivity contribution in [2.45, 2.75) is 25.7 Å². The fraction of sp³-hybridized carbons (Fsp3) is 0.370. The van der Waals surface area contributed by atoms with Crippen LogP contribution in [-0.4, -0.2) is 41.5 Å². The van der Waals surface area contributed by atoms with Crippen molar-refractivity contribution in [1.82, 2.24) is 9.55 Å². The van der Waals surface area contributed by atoms with Crippen LogP contribution in [0.5, 0.6) is 5.75 Å². The van der Waals surface area contributed by atoms with E-state index in [1.54, 1.807) is 37.4 Å². The van der Waals surface area contributed by atoms with E-state index in [-0.39, 0.29) is 30.1 Å². The molecule has 0 spiro atoms. The quantitative estimate of drug-likeness (QED) is 0.473. The monoisotopic (exact) mass is 476 g/mol. The van der Waals surface area contributed by atoms with Crippen LogP contribution in [0.2, 0.25) is 0 Å². The summed E-state index contributed by atoms with van der Waals surface area (Å²) in [4.78, 5) is 24.0. The number of anilines is 1. The van der Waals surface area contributed by atoms with Gasteiger partial charge in [0.2, 0.25) is 5.95 Å². The van der Waals surface area contributed by atoms with Gasteiger partial charge < -0.3 is 14.7 Å². The van der Waals surface area contributed by atoms with Gasteiger partial charge in [0.1, 0.15) is 6.61 Å². The second-order valence-corrected chi connectivity index (χ2v) is 8.91. The smallest absolute Gasteiger partial charge is 0.263 e. The van der Waals surface area contributed by atoms with Crippen molar-refractivity contribution in [2.24, 2.45) is 13.0 Å². The number of rotatable bonds is 8. The van der Waals surface area contributed by atoms with Crippen molar-refractivity contribution in [2.75, 3.05) is 31.7 Å². The second-order valence-electron chi connectivity index (χ2n) is 8.91. The Morgan fingerprint density at radius 3 is 2.51 bits per heavy atom. The molecule has 1 aromatic heterocycles. The van der Waals surface area contributed by atoms with Crippen LogP contribution in [0, 0.1) is 18.3 Å². The van der Waals surface area contributed by atoms with Crippen LogP contribution in [0.1, 0.15) is 25.7 Å². The van der Waals surface area contributed by atoms with Gasteiger partial charge in [-0.1, -0.05) is 43.2 Å². The first kappa shape index (κ1) is 24.4. The highest BCUT2D eigenvalue weighted by Crippen LogP contribution is 2.33. The molecule has 8 heteroatoms. The van der Waals surface area contributed by atoms with Crippen molar-refractivity contribution in [3.63, 3.8) is 0 Å². The summed E-state index contributed by atoms with van der Waals surface area (Å²) in [5, 5.41) is 8.96. The van der Waals surface area contributed by atoms with Gasteiger partial charge in [-0.05, 0) is 42.0 Å². The average Bonchev–Trinajstić information content (AvgIpc) is 3.38. The molecule has 0 bridgehead atoms. The minimum absolute atomic E-state index is 0.00320. The van der Waals surface area contributed by atoms with Crippen LogP contribution >= 0.6 is 0 Å². The van der Waals surface area contributed by atoms with Gasteiger partial charge in [0, 0.05) is 20.6 Å². The van der Waals surface area contributed by atoms with E-state index < -0.39 is 5.82 Å². The molecule has 7 nitrogen and oxygen atoms in total. The fourth-order valence-corrected chi connectivity index (χ4v) is 4.69. The maximum Gasteiger partial charge on any atom is 0.263 e. The Kier molecular flexibility index (Phi) is 7.47. The number of ether oxygens (including phenoxy) is 1. The molecule has 1 N–H and O–H groups in total. The molecule has 2 aromatic carbocycles. The van der Waals surface area contributed by atoms with E-state index in [0.717, 1.165) is 6.54 Å². The Bertz CT molecular complexity index is 1290. The molecular weight excluding hydrogens is 447 g/mol. The van der Waals surface area contributed by atoms with Gasteiger partial charge in [-0.3, -0.25) is 9.36 Å². The Morgan fingerprint density at radius 2 is 1.89 bits per heavy atom. The summed E-state index contributed by atoms with van der Waals surface area (Å²) in [5.74, 6) is 0.481. The zero-order valence-corrected chi connectivity index (χ0v) is 20.0. The molecule has 1 aliphatic carbocycles. The highest BCUT2D eigenvalue weighted by atomic mass is 19.1. The number of aromatic nitrogens is 2. The molecule has 182 valence electrons. The third-order valence-electron chi connectivity index (χ3n) is 6.45. The van der Waals surface area contributed by atoms with Crippen molar-refractivity contribution in [3.8, 4) is 28.1 Å². The zero-order chi connectivity index (χ0) is 24.9. The van der Waals surface area contributed by atoms with E-state index in [4.69, 9.17) is 21.4 Å². The van der Waals surface area contributed by atoms with Crippen LogP contribution < -0.4 is 15.2 Å². The Balaban J connectivity index is 1.84. The Labute approximate surface area is 204 Å². The number of halogens is 1. The van der Waals surface area contributed by atoms with Crippen LogP contribution in [0.4, 0.5) is 16.0 Å². The van der Waals surface area contributed by atoms with Crippen molar-refractivity contribution < 1.29 is 14.2 Å². The molecule has 0 amide bonds. The first-order valence-corrected chi connectivity index (χ1v) is 11.8. The van der Waals surface area contributed by atoms with Crippen LogP contribution in [0.3, 0.4) is 0 Å². The highest BCUT2D eigenvalue weighted by molar-refractivity contribution is 5.82. The van der Waals surface area contributed by atoms with Crippen LogP contribution in [0.15, 0.2) is 47.3 Å². The Hall–Kier alpha value is -3.70. The molecule has 0 unspecified atom stereocenters. The standard InChI is InChI=1S/C27H29FN4O3/c1-29-21-11-8-19(9-12-21)25-24(20-10-13-23(22(28)16-20)35-15-14-33)26(34)32(3)27(30-25)31(2)17-18-6-4-5-7-18/h8-13,16,18,33H,4-7,14-15,17H2,2-3H3. The summed E-state index contributed by atoms with van der Waals surface area (Å²) in [6.45, 7) is 7.78. The van der Waals surface area contributed by atoms with E-state index in [9.17, 15) is 9.18 Å². The van der Waals surface area contributed by atoms with Crippen LogP contribution in [0.25, 0.3) is 27.2 Å². The van der Waals surface area contributed by atoms with E-state index in [2.05, 4.69) is 4.85 Å². The number of benzene rings is 2. The molecule has 0 radical (unpaired) electrons. The fourth-order valence-electron chi connectivity index (χ4n) is 4.69. The van der Waals surface area contributed by atoms with Gasteiger partial charge in [-0.25, -0.2) is 14.2 Å². The predicted molar refractivity (Wildman–Crippen MR) is 134 cm³/mol. The first-order valence-electron chi connectivity index (χ1n) is 11.8. The summed E-state index contributed by atoms with van der Waals surface area (Å²) in [6.07, 6.45) is 4.80. The van der Waals surface area contributed by atoms with Gasteiger partial charge in [0.15, 0.2) is 17.3 Å². The van der Waals surface area contributed by atoms with Gasteiger partial charge in [-0.2, -0.15) is 0 Å². The third kappa shape index (κ3) is 5.20. The molecule has 0 aliphatic heterocycles. The number of aliphatic hydroxyl groups is 1. The molecule has 4 rings (SSSR count). The summed E-state index contributed by atoms with van der Waals surface area (Å²) < 4.78 is 21.5. The number of hydrogen-bond donors (Lipinski definition) is 1. The lowest BCUT2D eigenvalue weighted by atomic mass is 9.99. The second kappa shape index (κ2) is 10.7. The lowest BCUT2D eigenvalue weighted by molar-refractivity contribution is 0.196. The molecule has 35 heavy (non-hydrogen) atoms. The zero-order valence-electron chi connectivity index (χ0n) is 20.0. The largest absolute Gasteiger partial charge is 0.488 e. The van der Waals surface area contributed by atoms with E-state index in [1.807, 2.05) is 11.9 Å². The van der Waals surface area contributed by atoms with Crippen molar-refractivity contribution in [3.05, 3.63) is 70.1 Å². The maximum atomic E-state index is 14.8. The summed E-state index contributed by atoms with van der Waals surface area (Å²) >= 11 is 0.